The summed E-state index contributed by atoms with van der Waals surface area (Å²) in [5.74, 6) is 0.754. The highest BCUT2D eigenvalue weighted by molar-refractivity contribution is 5.73. The van der Waals surface area contributed by atoms with Crippen molar-refractivity contribution in [1.29, 1.82) is 0 Å². The van der Waals surface area contributed by atoms with Crippen LogP contribution >= 0.6 is 0 Å². The molecule has 0 aliphatic carbocycles. The van der Waals surface area contributed by atoms with Crippen molar-refractivity contribution < 1.29 is 9.13 Å². The van der Waals surface area contributed by atoms with Crippen molar-refractivity contribution in [2.24, 2.45) is 0 Å². The molecule has 7 nitrogen and oxygen atoms in total. The Hall–Kier alpha value is -3.55. The first-order valence-electron chi connectivity index (χ1n) is 10.8. The van der Waals surface area contributed by atoms with Gasteiger partial charge in [0.15, 0.2) is 11.6 Å². The summed E-state index contributed by atoms with van der Waals surface area (Å²) in [4.78, 5) is 19.1. The highest BCUT2D eigenvalue weighted by Crippen LogP contribution is 2.31. The molecular formula is C24H28FN5O2. The number of aromatic nitrogens is 2. The van der Waals surface area contributed by atoms with Gasteiger partial charge in [0.05, 0.1) is 19.3 Å². The molecule has 1 aliphatic heterocycles. The van der Waals surface area contributed by atoms with E-state index >= 15 is 0 Å². The van der Waals surface area contributed by atoms with Crippen LogP contribution in [0.15, 0.2) is 47.3 Å². The number of hydrogen-bond acceptors (Lipinski definition) is 6. The molecular weight excluding hydrogens is 409 g/mol. The first-order valence-corrected chi connectivity index (χ1v) is 10.8. The monoisotopic (exact) mass is 437 g/mol. The van der Waals surface area contributed by atoms with E-state index in [1.54, 1.807) is 12.1 Å². The SMILES string of the molecule is CCN1CNc2c1c(=O)nc(Nc1ccc(OC(C)C)c(F)c1)n2Cc1ccc(C)cc1. The summed E-state index contributed by atoms with van der Waals surface area (Å²) in [7, 11) is 0. The van der Waals surface area contributed by atoms with E-state index in [0.29, 0.717) is 42.9 Å². The lowest BCUT2D eigenvalue weighted by Crippen LogP contribution is -2.27. The molecule has 32 heavy (non-hydrogen) atoms. The summed E-state index contributed by atoms with van der Waals surface area (Å²) in [5, 5.41) is 6.45. The van der Waals surface area contributed by atoms with Gasteiger partial charge in [-0.05, 0) is 45.4 Å². The second-order valence-electron chi connectivity index (χ2n) is 8.14. The molecule has 0 bridgehead atoms. The Morgan fingerprint density at radius 1 is 1.22 bits per heavy atom. The molecule has 0 saturated carbocycles. The minimum Gasteiger partial charge on any atom is -0.488 e. The van der Waals surface area contributed by atoms with Gasteiger partial charge in [-0.3, -0.25) is 9.36 Å². The van der Waals surface area contributed by atoms with E-state index in [1.807, 2.05) is 61.4 Å². The van der Waals surface area contributed by atoms with Crippen molar-refractivity contribution in [2.45, 2.75) is 40.3 Å². The van der Waals surface area contributed by atoms with Gasteiger partial charge in [0, 0.05) is 18.3 Å². The van der Waals surface area contributed by atoms with Crippen LogP contribution in [0.25, 0.3) is 0 Å². The van der Waals surface area contributed by atoms with E-state index < -0.39 is 5.82 Å². The van der Waals surface area contributed by atoms with Crippen molar-refractivity contribution in [3.8, 4) is 5.75 Å². The van der Waals surface area contributed by atoms with Crippen molar-refractivity contribution >= 4 is 23.1 Å². The maximum absolute atomic E-state index is 14.5. The molecule has 168 valence electrons. The zero-order valence-corrected chi connectivity index (χ0v) is 18.8. The summed E-state index contributed by atoms with van der Waals surface area (Å²) in [6.07, 6.45) is -0.131. The first-order chi connectivity index (χ1) is 15.4. The summed E-state index contributed by atoms with van der Waals surface area (Å²) < 4.78 is 21.9. The number of halogens is 1. The molecule has 8 heteroatoms. The second-order valence-corrected chi connectivity index (χ2v) is 8.14. The third-order valence-electron chi connectivity index (χ3n) is 5.31. The fraction of sp³-hybridized carbons (Fsp3) is 0.333. The number of benzene rings is 2. The summed E-state index contributed by atoms with van der Waals surface area (Å²) >= 11 is 0. The number of nitrogens with one attached hydrogen (secondary N) is 2. The third-order valence-corrected chi connectivity index (χ3v) is 5.31. The molecule has 3 aromatic rings. The molecule has 2 aromatic carbocycles. The summed E-state index contributed by atoms with van der Waals surface area (Å²) in [5.41, 5.74) is 2.94. The van der Waals surface area contributed by atoms with E-state index in [-0.39, 0.29) is 17.4 Å². The predicted octanol–water partition coefficient (Wildman–Crippen LogP) is 4.48. The molecule has 0 saturated heterocycles. The number of ether oxygens (including phenoxy) is 1. The topological polar surface area (TPSA) is 71.4 Å². The van der Waals surface area contributed by atoms with Crippen molar-refractivity contribution in [3.63, 3.8) is 0 Å². The van der Waals surface area contributed by atoms with Crippen LogP contribution in [0.4, 0.5) is 27.5 Å². The lowest BCUT2D eigenvalue weighted by atomic mass is 10.1. The Bertz CT molecular complexity index is 1170. The standard InChI is InChI=1S/C24H28FN5O2/c1-5-29-14-26-22-21(29)23(31)28-24(30(22)13-17-8-6-16(4)7-9-17)27-18-10-11-20(19(25)12-18)32-15(2)3/h6-12,15,26H,5,13-14H2,1-4H3,(H,27,28,31). The van der Waals surface area contributed by atoms with Crippen LogP contribution < -0.4 is 25.8 Å². The molecule has 0 amide bonds. The molecule has 0 unspecified atom stereocenters. The minimum absolute atomic E-state index is 0.131. The molecule has 2 N–H and O–H groups in total. The first kappa shape index (κ1) is 21.7. The van der Waals surface area contributed by atoms with Gasteiger partial charge in [-0.1, -0.05) is 29.8 Å². The number of aryl methyl sites for hydroxylation is 1. The summed E-state index contributed by atoms with van der Waals surface area (Å²) in [6, 6.07) is 12.8. The van der Waals surface area contributed by atoms with E-state index in [1.165, 1.54) is 11.6 Å². The number of rotatable bonds is 7. The van der Waals surface area contributed by atoms with Crippen LogP contribution in [0.5, 0.6) is 5.75 Å². The largest absolute Gasteiger partial charge is 0.488 e. The van der Waals surface area contributed by atoms with Crippen molar-refractivity contribution in [2.75, 3.05) is 28.7 Å². The van der Waals surface area contributed by atoms with Crippen LogP contribution in [-0.2, 0) is 6.54 Å². The Morgan fingerprint density at radius 2 is 1.97 bits per heavy atom. The average Bonchev–Trinajstić information content (AvgIpc) is 3.19. The predicted molar refractivity (Wildman–Crippen MR) is 126 cm³/mol. The molecule has 4 rings (SSSR count). The Kier molecular flexibility index (Phi) is 6.03. The van der Waals surface area contributed by atoms with Crippen LogP contribution in [0.1, 0.15) is 31.9 Å². The molecule has 0 spiro atoms. The van der Waals surface area contributed by atoms with Gasteiger partial charge < -0.3 is 20.3 Å². The summed E-state index contributed by atoms with van der Waals surface area (Å²) in [6.45, 7) is 9.45. The highest BCUT2D eigenvalue weighted by Gasteiger charge is 2.26. The van der Waals surface area contributed by atoms with Crippen LogP contribution in [-0.4, -0.2) is 28.9 Å². The Balaban J connectivity index is 1.74. The number of nitrogens with zero attached hydrogens (tertiary/aromatic N) is 3. The highest BCUT2D eigenvalue weighted by atomic mass is 19.1. The van der Waals surface area contributed by atoms with Gasteiger partial charge in [-0.2, -0.15) is 4.98 Å². The van der Waals surface area contributed by atoms with Crippen molar-refractivity contribution in [3.05, 3.63) is 69.8 Å². The lowest BCUT2D eigenvalue weighted by Gasteiger charge is -2.19. The zero-order chi connectivity index (χ0) is 22.8. The minimum atomic E-state index is -0.479. The zero-order valence-electron chi connectivity index (χ0n) is 18.8. The second kappa shape index (κ2) is 8.90. The van der Waals surface area contributed by atoms with Gasteiger partial charge in [0.1, 0.15) is 11.5 Å². The normalized spacial score (nSPS) is 12.6. The van der Waals surface area contributed by atoms with Crippen LogP contribution in [0, 0.1) is 12.7 Å². The quantitative estimate of drug-likeness (QED) is 0.568. The molecule has 0 fully saturated rings. The van der Waals surface area contributed by atoms with Gasteiger partial charge in [0.2, 0.25) is 5.95 Å². The van der Waals surface area contributed by atoms with Gasteiger partial charge >= 0.3 is 0 Å². The van der Waals surface area contributed by atoms with E-state index in [0.717, 1.165) is 5.56 Å². The van der Waals surface area contributed by atoms with Gasteiger partial charge in [0.25, 0.3) is 5.56 Å². The van der Waals surface area contributed by atoms with E-state index in [2.05, 4.69) is 15.6 Å². The smallest absolute Gasteiger partial charge is 0.300 e. The lowest BCUT2D eigenvalue weighted by molar-refractivity contribution is 0.231. The maximum atomic E-state index is 14.5. The molecule has 1 aromatic heterocycles. The molecule has 0 radical (unpaired) electrons. The van der Waals surface area contributed by atoms with E-state index in [9.17, 15) is 9.18 Å². The number of fused-ring (bicyclic) bond motifs is 1. The molecule has 1 aliphatic rings. The van der Waals surface area contributed by atoms with Gasteiger partial charge in [-0.15, -0.1) is 0 Å². The van der Waals surface area contributed by atoms with Crippen LogP contribution in [0.2, 0.25) is 0 Å². The van der Waals surface area contributed by atoms with Crippen LogP contribution in [0.3, 0.4) is 0 Å². The molecule has 2 heterocycles. The number of hydrogen-bond donors (Lipinski definition) is 2. The fourth-order valence-electron chi connectivity index (χ4n) is 3.71. The third kappa shape index (κ3) is 4.39. The fourth-order valence-corrected chi connectivity index (χ4v) is 3.71. The van der Waals surface area contributed by atoms with Gasteiger partial charge in [-0.25, -0.2) is 4.39 Å². The average molecular weight is 438 g/mol. The van der Waals surface area contributed by atoms with E-state index in [4.69, 9.17) is 4.74 Å². The Morgan fingerprint density at radius 3 is 2.62 bits per heavy atom. The Labute approximate surface area is 186 Å². The maximum Gasteiger partial charge on any atom is 0.300 e. The number of anilines is 4. The van der Waals surface area contributed by atoms with Crippen molar-refractivity contribution in [1.82, 2.24) is 9.55 Å². The molecule has 0 atom stereocenters.